The lowest BCUT2D eigenvalue weighted by molar-refractivity contribution is 1.19. The normalized spacial score (nSPS) is 12.3. The van der Waals surface area contributed by atoms with Crippen molar-refractivity contribution in [2.45, 2.75) is 0 Å². The molecule has 12 rings (SSSR count). The Morgan fingerprint density at radius 1 is 0.294 bits per heavy atom. The summed E-state index contributed by atoms with van der Waals surface area (Å²) in [6, 6.07) is 65.4. The van der Waals surface area contributed by atoms with Gasteiger partial charge in [0.25, 0.3) is 0 Å². The van der Waals surface area contributed by atoms with Crippen LogP contribution in [0.1, 0.15) is 0 Å². The summed E-state index contributed by atoms with van der Waals surface area (Å²) in [4.78, 5) is 0. The predicted octanol–water partition coefficient (Wildman–Crippen LogP) is 13.9. The van der Waals surface area contributed by atoms with Crippen LogP contribution in [0.2, 0.25) is 0 Å². The van der Waals surface area contributed by atoms with Crippen LogP contribution in [-0.4, -0.2) is 4.57 Å². The van der Waals surface area contributed by atoms with Crippen LogP contribution in [-0.2, 0) is 0 Å². The number of nitrogens with zero attached hydrogens (tertiary/aromatic N) is 1. The third-order valence-electron chi connectivity index (χ3n) is 11.5. The van der Waals surface area contributed by atoms with Crippen LogP contribution in [0.3, 0.4) is 0 Å². The van der Waals surface area contributed by atoms with Gasteiger partial charge >= 0.3 is 0 Å². The first-order valence-corrected chi connectivity index (χ1v) is 17.8. The molecule has 0 aliphatic heterocycles. The number of rotatable bonds is 2. The quantitative estimate of drug-likeness (QED) is 0.165. The average molecular weight is 644 g/mol. The van der Waals surface area contributed by atoms with Crippen molar-refractivity contribution in [3.8, 4) is 39.1 Å². The summed E-state index contributed by atoms with van der Waals surface area (Å²) in [5.41, 5.74) is 11.4. The highest BCUT2D eigenvalue weighted by Gasteiger charge is 2.24. The Morgan fingerprint density at radius 3 is 1.59 bits per heavy atom. The first-order chi connectivity index (χ1) is 25.3. The molecule has 0 radical (unpaired) electrons. The first-order valence-electron chi connectivity index (χ1n) is 17.8. The fourth-order valence-corrected chi connectivity index (χ4v) is 9.38. The summed E-state index contributed by atoms with van der Waals surface area (Å²) >= 11 is 0. The molecule has 1 aliphatic carbocycles. The molecule has 234 valence electrons. The van der Waals surface area contributed by atoms with Gasteiger partial charge in [0.2, 0.25) is 0 Å². The second kappa shape index (κ2) is 9.94. The highest BCUT2D eigenvalue weighted by atomic mass is 15.0. The summed E-state index contributed by atoms with van der Waals surface area (Å²) < 4.78 is 2.50. The predicted molar refractivity (Wildman–Crippen MR) is 218 cm³/mol. The Morgan fingerprint density at radius 2 is 0.863 bits per heavy atom. The van der Waals surface area contributed by atoms with E-state index in [0.717, 1.165) is 0 Å². The van der Waals surface area contributed by atoms with Gasteiger partial charge in [0.1, 0.15) is 0 Å². The molecule has 1 aliphatic rings. The zero-order chi connectivity index (χ0) is 33.2. The molecule has 1 aromatic heterocycles. The van der Waals surface area contributed by atoms with Crippen LogP contribution in [0, 0.1) is 0 Å². The molecule has 0 unspecified atom stereocenters. The van der Waals surface area contributed by atoms with E-state index < -0.39 is 0 Å². The van der Waals surface area contributed by atoms with E-state index in [1.165, 1.54) is 115 Å². The van der Waals surface area contributed by atoms with E-state index in [1.807, 2.05) is 0 Å². The van der Waals surface area contributed by atoms with Gasteiger partial charge in [-0.2, -0.15) is 0 Å². The number of aromatic nitrogens is 1. The molecule has 1 heterocycles. The molecule has 11 aromatic rings. The third kappa shape index (κ3) is 3.55. The molecule has 0 saturated heterocycles. The van der Waals surface area contributed by atoms with E-state index in [9.17, 15) is 0 Å². The van der Waals surface area contributed by atoms with Crippen molar-refractivity contribution in [2.24, 2.45) is 0 Å². The highest BCUT2D eigenvalue weighted by Crippen LogP contribution is 2.50. The maximum Gasteiger partial charge on any atom is 0.0626 e. The summed E-state index contributed by atoms with van der Waals surface area (Å²) in [7, 11) is 0. The largest absolute Gasteiger partial charge is 0.309 e. The Balaban J connectivity index is 1.26. The maximum atomic E-state index is 2.50. The minimum absolute atomic E-state index is 1.17. The zero-order valence-corrected chi connectivity index (χ0v) is 27.7. The van der Waals surface area contributed by atoms with Crippen molar-refractivity contribution in [1.29, 1.82) is 0 Å². The molecule has 0 bridgehead atoms. The Kier molecular flexibility index (Phi) is 5.29. The van der Waals surface area contributed by atoms with E-state index in [4.69, 9.17) is 0 Å². The second-order valence-electron chi connectivity index (χ2n) is 14.0. The molecule has 0 spiro atoms. The van der Waals surface area contributed by atoms with Gasteiger partial charge in [0.05, 0.1) is 11.0 Å². The molecule has 1 nitrogen and oxygen atoms in total. The van der Waals surface area contributed by atoms with Crippen LogP contribution in [0.25, 0.3) is 115 Å². The van der Waals surface area contributed by atoms with E-state index in [0.29, 0.717) is 0 Å². The lowest BCUT2D eigenvalue weighted by Gasteiger charge is -2.16. The Labute approximate surface area is 294 Å². The fourth-order valence-electron chi connectivity index (χ4n) is 9.38. The second-order valence-corrected chi connectivity index (χ2v) is 14.0. The minimum Gasteiger partial charge on any atom is -0.309 e. The molecule has 0 saturated carbocycles. The standard InChI is InChI=1S/C50H29N/c1-2-14-33(15-3-1)51-45-27-25-32(31-24-26-36-37-22-10-12-30-13-11-23-41(46(30)37)43(36)28-31)29-44(45)49-48-39-19-7-5-17-35(39)34-16-4-6-18-38(34)47(48)40-20-8-9-21-42(40)50(49)51/h1-29H. The van der Waals surface area contributed by atoms with Crippen LogP contribution >= 0.6 is 0 Å². The van der Waals surface area contributed by atoms with Gasteiger partial charge in [0, 0.05) is 27.2 Å². The molecule has 10 aromatic carbocycles. The highest BCUT2D eigenvalue weighted by molar-refractivity contribution is 6.42. The molecule has 0 amide bonds. The molecule has 51 heavy (non-hydrogen) atoms. The van der Waals surface area contributed by atoms with Gasteiger partial charge < -0.3 is 4.57 Å². The molecular weight excluding hydrogens is 615 g/mol. The zero-order valence-electron chi connectivity index (χ0n) is 27.7. The minimum atomic E-state index is 1.17. The van der Waals surface area contributed by atoms with Crippen LogP contribution in [0.15, 0.2) is 176 Å². The van der Waals surface area contributed by atoms with Gasteiger partial charge in [0.15, 0.2) is 0 Å². The van der Waals surface area contributed by atoms with E-state index >= 15 is 0 Å². The van der Waals surface area contributed by atoms with Crippen LogP contribution in [0.4, 0.5) is 0 Å². The van der Waals surface area contributed by atoms with Crippen molar-refractivity contribution in [3.05, 3.63) is 176 Å². The van der Waals surface area contributed by atoms with Crippen LogP contribution < -0.4 is 0 Å². The molecule has 1 heteroatoms. The van der Waals surface area contributed by atoms with Gasteiger partial charge in [-0.15, -0.1) is 0 Å². The number of para-hydroxylation sites is 1. The summed E-state index contributed by atoms with van der Waals surface area (Å²) in [5, 5.41) is 15.6. The summed E-state index contributed by atoms with van der Waals surface area (Å²) in [5.74, 6) is 0. The van der Waals surface area contributed by atoms with E-state index in [2.05, 4.69) is 180 Å². The third-order valence-corrected chi connectivity index (χ3v) is 11.5. The number of hydrogen-bond donors (Lipinski definition) is 0. The van der Waals surface area contributed by atoms with E-state index in [-0.39, 0.29) is 0 Å². The van der Waals surface area contributed by atoms with Crippen LogP contribution in [0.5, 0.6) is 0 Å². The first kappa shape index (κ1) is 27.2. The number of fused-ring (bicyclic) bond motifs is 16. The van der Waals surface area contributed by atoms with Gasteiger partial charge in [-0.1, -0.05) is 146 Å². The van der Waals surface area contributed by atoms with Crippen molar-refractivity contribution < 1.29 is 0 Å². The molecule has 0 atom stereocenters. The topological polar surface area (TPSA) is 4.93 Å². The van der Waals surface area contributed by atoms with Gasteiger partial charge in [-0.05, 0) is 107 Å². The average Bonchev–Trinajstić information content (AvgIpc) is 3.72. The van der Waals surface area contributed by atoms with Crippen molar-refractivity contribution in [1.82, 2.24) is 4.57 Å². The smallest absolute Gasteiger partial charge is 0.0626 e. The lowest BCUT2D eigenvalue weighted by atomic mass is 9.88. The SMILES string of the molecule is c1ccc(-n2c3ccc(-c4ccc5c(c4)-c4cccc6cccc-5c46)cc3c3c4c5ccccc5c5ccccc5c4c4ccccc4c32)cc1. The Hall–Kier alpha value is -6.70. The molecule has 0 fully saturated rings. The lowest BCUT2D eigenvalue weighted by Crippen LogP contribution is -1.95. The summed E-state index contributed by atoms with van der Waals surface area (Å²) in [6.45, 7) is 0. The van der Waals surface area contributed by atoms with Crippen molar-refractivity contribution >= 4 is 75.7 Å². The Bertz CT molecular complexity index is 3280. The fraction of sp³-hybridized carbons (Fsp3) is 0. The van der Waals surface area contributed by atoms with Gasteiger partial charge in [-0.3, -0.25) is 0 Å². The van der Waals surface area contributed by atoms with Crippen molar-refractivity contribution in [3.63, 3.8) is 0 Å². The van der Waals surface area contributed by atoms with Crippen molar-refractivity contribution in [2.75, 3.05) is 0 Å². The molecule has 0 N–H and O–H groups in total. The molecular formula is C50H29N. The number of hydrogen-bond acceptors (Lipinski definition) is 0. The summed E-state index contributed by atoms with van der Waals surface area (Å²) in [6.07, 6.45) is 0. The van der Waals surface area contributed by atoms with E-state index in [1.54, 1.807) is 0 Å². The maximum absolute atomic E-state index is 2.50. The monoisotopic (exact) mass is 643 g/mol. The number of benzene rings is 10. The van der Waals surface area contributed by atoms with Gasteiger partial charge in [-0.25, -0.2) is 0 Å².